The zero-order chi connectivity index (χ0) is 13.0. The van der Waals surface area contributed by atoms with Crippen molar-refractivity contribution >= 4 is 32.4 Å². The van der Waals surface area contributed by atoms with E-state index in [9.17, 15) is 4.21 Å². The Morgan fingerprint density at radius 3 is 2.83 bits per heavy atom. The van der Waals surface area contributed by atoms with Crippen molar-refractivity contribution < 1.29 is 4.21 Å². The van der Waals surface area contributed by atoms with E-state index in [0.717, 1.165) is 21.4 Å². The first-order valence-corrected chi connectivity index (χ1v) is 7.60. The molecule has 0 aliphatic heterocycles. The summed E-state index contributed by atoms with van der Waals surface area (Å²) in [4.78, 5) is 4.83. The predicted octanol–water partition coefficient (Wildman–Crippen LogP) is 2.78. The first-order chi connectivity index (χ1) is 8.66. The minimum Gasteiger partial charge on any atom is -0.399 e. The number of nitrogen functional groups attached to an aromatic ring is 1. The molecule has 0 radical (unpaired) electrons. The fourth-order valence-electron chi connectivity index (χ4n) is 1.57. The van der Waals surface area contributed by atoms with Crippen LogP contribution in [0.5, 0.6) is 0 Å². The highest BCUT2D eigenvalue weighted by atomic mass is 79.9. The second-order valence-electron chi connectivity index (χ2n) is 3.85. The van der Waals surface area contributed by atoms with Gasteiger partial charge in [-0.1, -0.05) is 6.07 Å². The number of rotatable bonds is 4. The number of hydrogen-bond acceptors (Lipinski definition) is 3. The van der Waals surface area contributed by atoms with Crippen LogP contribution in [-0.4, -0.2) is 14.9 Å². The molecule has 0 saturated heterocycles. The van der Waals surface area contributed by atoms with Crippen LogP contribution in [-0.2, 0) is 17.2 Å². The summed E-state index contributed by atoms with van der Waals surface area (Å²) in [6, 6.07) is 9.22. The van der Waals surface area contributed by atoms with Crippen LogP contribution < -0.4 is 5.73 Å². The number of benzene rings is 1. The maximum Gasteiger partial charge on any atom is 0.0544 e. The Morgan fingerprint density at radius 2 is 2.17 bits per heavy atom. The lowest BCUT2D eigenvalue weighted by atomic mass is 10.2. The summed E-state index contributed by atoms with van der Waals surface area (Å²) >= 11 is 3.39. The van der Waals surface area contributed by atoms with Crippen LogP contribution in [0, 0.1) is 0 Å². The van der Waals surface area contributed by atoms with E-state index in [1.165, 1.54) is 0 Å². The third kappa shape index (κ3) is 3.40. The first-order valence-electron chi connectivity index (χ1n) is 5.49. The van der Waals surface area contributed by atoms with Gasteiger partial charge in [-0.05, 0) is 52.2 Å². The van der Waals surface area contributed by atoms with Gasteiger partial charge in [0.05, 0.1) is 15.7 Å². The maximum atomic E-state index is 12.2. The van der Waals surface area contributed by atoms with Gasteiger partial charge in [0.25, 0.3) is 0 Å². The Balaban J connectivity index is 2.04. The number of anilines is 1. The van der Waals surface area contributed by atoms with E-state index in [-0.39, 0.29) is 0 Å². The molecule has 0 fully saturated rings. The lowest BCUT2D eigenvalue weighted by Gasteiger charge is -2.05. The maximum absolute atomic E-state index is 12.2. The summed E-state index contributed by atoms with van der Waals surface area (Å²) in [5, 5.41) is 0. The molecule has 1 aromatic heterocycles. The van der Waals surface area contributed by atoms with Crippen molar-refractivity contribution in [1.29, 1.82) is 0 Å². The van der Waals surface area contributed by atoms with E-state index in [1.54, 1.807) is 30.6 Å². The lowest BCUT2D eigenvalue weighted by Crippen LogP contribution is -2.03. The van der Waals surface area contributed by atoms with Crippen molar-refractivity contribution in [3.8, 4) is 0 Å². The molecule has 1 atom stereocenters. The molecule has 2 aromatic rings. The normalized spacial score (nSPS) is 12.3. The van der Waals surface area contributed by atoms with Gasteiger partial charge >= 0.3 is 0 Å². The summed E-state index contributed by atoms with van der Waals surface area (Å²) in [6.07, 6.45) is 4.28. The second-order valence-corrected chi connectivity index (χ2v) is 6.24. The topological polar surface area (TPSA) is 56.0 Å². The Kier molecular flexibility index (Phi) is 4.49. The molecule has 1 unspecified atom stereocenters. The number of hydrogen-bond donors (Lipinski definition) is 1. The number of pyridine rings is 1. The average Bonchev–Trinajstić information content (AvgIpc) is 2.37. The van der Waals surface area contributed by atoms with Crippen LogP contribution in [0.2, 0.25) is 0 Å². The van der Waals surface area contributed by atoms with E-state index in [2.05, 4.69) is 20.9 Å². The Bertz CT molecular complexity index is 560. The second kappa shape index (κ2) is 6.11. The zero-order valence-corrected chi connectivity index (χ0v) is 12.1. The van der Waals surface area contributed by atoms with E-state index in [1.807, 2.05) is 12.1 Å². The molecule has 0 saturated carbocycles. The molecule has 0 aliphatic rings. The van der Waals surface area contributed by atoms with Gasteiger partial charge in [0.1, 0.15) is 0 Å². The summed E-state index contributed by atoms with van der Waals surface area (Å²) in [7, 11) is -1.03. The molecule has 2 rings (SSSR count). The molecule has 18 heavy (non-hydrogen) atoms. The Morgan fingerprint density at radius 1 is 1.33 bits per heavy atom. The molecule has 0 amide bonds. The van der Waals surface area contributed by atoms with Gasteiger partial charge in [-0.25, -0.2) is 0 Å². The van der Waals surface area contributed by atoms with E-state index in [0.29, 0.717) is 11.4 Å². The highest BCUT2D eigenvalue weighted by Gasteiger charge is 2.08. The largest absolute Gasteiger partial charge is 0.399 e. The minimum atomic E-state index is -1.03. The van der Waals surface area contributed by atoms with Crippen LogP contribution in [0.25, 0.3) is 0 Å². The number of nitrogens with two attached hydrogens (primary N) is 1. The van der Waals surface area contributed by atoms with Crippen molar-refractivity contribution in [2.45, 2.75) is 11.3 Å². The highest BCUT2D eigenvalue weighted by molar-refractivity contribution is 9.10. The molecule has 0 aliphatic carbocycles. The van der Waals surface area contributed by atoms with Crippen molar-refractivity contribution in [3.05, 3.63) is 52.8 Å². The summed E-state index contributed by atoms with van der Waals surface area (Å²) in [5.74, 6) is 0.578. The number of nitrogens with zero attached hydrogens (tertiary/aromatic N) is 1. The predicted molar refractivity (Wildman–Crippen MR) is 77.8 cm³/mol. The van der Waals surface area contributed by atoms with Crippen molar-refractivity contribution in [3.63, 3.8) is 0 Å². The van der Waals surface area contributed by atoms with E-state index < -0.39 is 10.8 Å². The van der Waals surface area contributed by atoms with Crippen molar-refractivity contribution in [2.75, 3.05) is 11.5 Å². The molecule has 0 bridgehead atoms. The molecule has 5 heteroatoms. The number of aryl methyl sites for hydroxylation is 1. The third-order valence-corrected chi connectivity index (χ3v) is 4.84. The van der Waals surface area contributed by atoms with Gasteiger partial charge in [-0.2, -0.15) is 0 Å². The lowest BCUT2D eigenvalue weighted by molar-refractivity contribution is 0.682. The summed E-state index contributed by atoms with van der Waals surface area (Å²) in [5.41, 5.74) is 7.41. The van der Waals surface area contributed by atoms with E-state index >= 15 is 0 Å². The van der Waals surface area contributed by atoms with Gasteiger partial charge in [0.2, 0.25) is 0 Å². The SMILES string of the molecule is Nc1ccc(S(=O)CCc2cccnc2)c(Br)c1. The molecular weight excluding hydrogens is 312 g/mol. The van der Waals surface area contributed by atoms with Crippen LogP contribution >= 0.6 is 15.9 Å². The van der Waals surface area contributed by atoms with Crippen molar-refractivity contribution in [1.82, 2.24) is 4.98 Å². The van der Waals surface area contributed by atoms with Crippen LogP contribution in [0.3, 0.4) is 0 Å². The zero-order valence-electron chi connectivity index (χ0n) is 9.67. The fraction of sp³-hybridized carbons (Fsp3) is 0.154. The molecule has 94 valence electrons. The quantitative estimate of drug-likeness (QED) is 0.880. The standard InChI is InChI=1S/C13H13BrN2OS/c14-12-8-11(15)3-4-13(12)18(17)7-5-10-2-1-6-16-9-10/h1-4,6,8-9H,5,7,15H2. The highest BCUT2D eigenvalue weighted by Crippen LogP contribution is 2.23. The van der Waals surface area contributed by atoms with Crippen LogP contribution in [0.15, 0.2) is 52.1 Å². The molecule has 1 aromatic carbocycles. The van der Waals surface area contributed by atoms with Gasteiger partial charge in [-0.15, -0.1) is 0 Å². The van der Waals surface area contributed by atoms with Gasteiger partial charge < -0.3 is 5.73 Å². The summed E-state index contributed by atoms with van der Waals surface area (Å²) < 4.78 is 13.0. The monoisotopic (exact) mass is 324 g/mol. The van der Waals surface area contributed by atoms with Crippen molar-refractivity contribution in [2.24, 2.45) is 0 Å². The average molecular weight is 325 g/mol. The third-order valence-electron chi connectivity index (χ3n) is 2.50. The smallest absolute Gasteiger partial charge is 0.0544 e. The van der Waals surface area contributed by atoms with Gasteiger partial charge in [0, 0.05) is 28.3 Å². The molecule has 1 heterocycles. The number of halogens is 1. The Hall–Kier alpha value is -1.20. The molecule has 3 nitrogen and oxygen atoms in total. The first kappa shape index (κ1) is 13.2. The van der Waals surface area contributed by atoms with Crippen LogP contribution in [0.1, 0.15) is 5.56 Å². The molecular formula is C13H13BrN2OS. The molecule has 0 spiro atoms. The fourth-order valence-corrected chi connectivity index (χ4v) is 3.64. The Labute approximate surface area is 117 Å². The molecule has 2 N–H and O–H groups in total. The summed E-state index contributed by atoms with van der Waals surface area (Å²) in [6.45, 7) is 0. The number of aromatic nitrogens is 1. The van der Waals surface area contributed by atoms with Gasteiger partial charge in [0.15, 0.2) is 0 Å². The van der Waals surface area contributed by atoms with E-state index in [4.69, 9.17) is 5.73 Å². The van der Waals surface area contributed by atoms with Crippen LogP contribution in [0.4, 0.5) is 5.69 Å². The minimum absolute atomic E-state index is 0.578. The van der Waals surface area contributed by atoms with Gasteiger partial charge in [-0.3, -0.25) is 9.19 Å².